The maximum absolute atomic E-state index is 12.3. The third-order valence-electron chi connectivity index (χ3n) is 3.38. The highest BCUT2D eigenvalue weighted by atomic mass is 16.5. The number of aliphatic hydroxyl groups is 1. The minimum absolute atomic E-state index is 0.0158. The fourth-order valence-electron chi connectivity index (χ4n) is 2.18. The maximum atomic E-state index is 12.3. The summed E-state index contributed by atoms with van der Waals surface area (Å²) in [4.78, 5) is 12.3. The molecule has 2 aromatic carbocycles. The van der Waals surface area contributed by atoms with Crippen LogP contribution in [0.25, 0.3) is 0 Å². The molecule has 3 nitrogen and oxygen atoms in total. The smallest absolute Gasteiger partial charge is 0.193 e. The Morgan fingerprint density at radius 3 is 2.29 bits per heavy atom. The number of aliphatic hydroxyl groups excluding tert-OH is 1. The molecule has 2 rings (SSSR count). The Hall–Kier alpha value is -1.97. The van der Waals surface area contributed by atoms with E-state index in [0.29, 0.717) is 30.6 Å². The molecule has 0 aromatic heterocycles. The number of methoxy groups -OCH3 is 1. The largest absolute Gasteiger partial charge is 0.393 e. The zero-order valence-electron chi connectivity index (χ0n) is 12.2. The van der Waals surface area contributed by atoms with Crippen LogP contribution in [0.4, 0.5) is 0 Å². The number of ether oxygens (including phenoxy) is 1. The van der Waals surface area contributed by atoms with Crippen molar-refractivity contribution < 1.29 is 14.6 Å². The maximum Gasteiger partial charge on any atom is 0.193 e. The third kappa shape index (κ3) is 4.52. The molecule has 0 saturated carbocycles. The Bertz CT molecular complexity index is 561. The van der Waals surface area contributed by atoms with Crippen LogP contribution in [0, 0.1) is 0 Å². The number of carbonyl (C=O) groups is 1. The molecule has 0 aliphatic heterocycles. The van der Waals surface area contributed by atoms with Gasteiger partial charge in [-0.3, -0.25) is 4.79 Å². The van der Waals surface area contributed by atoms with E-state index in [1.807, 2.05) is 54.6 Å². The van der Waals surface area contributed by atoms with Crippen molar-refractivity contribution in [1.29, 1.82) is 0 Å². The van der Waals surface area contributed by atoms with Gasteiger partial charge >= 0.3 is 0 Å². The average Bonchev–Trinajstić information content (AvgIpc) is 2.54. The van der Waals surface area contributed by atoms with E-state index in [4.69, 9.17) is 4.74 Å². The summed E-state index contributed by atoms with van der Waals surface area (Å²) in [5, 5.41) is 9.84. The van der Waals surface area contributed by atoms with E-state index in [-0.39, 0.29) is 5.78 Å². The SMILES string of the molecule is COCCC(O)Cc1ccc(C(=O)c2ccccc2)cc1. The van der Waals surface area contributed by atoms with Crippen LogP contribution in [-0.2, 0) is 11.2 Å². The first-order chi connectivity index (χ1) is 10.2. The highest BCUT2D eigenvalue weighted by Gasteiger charge is 2.09. The molecule has 0 saturated heterocycles. The Morgan fingerprint density at radius 2 is 1.67 bits per heavy atom. The summed E-state index contributed by atoms with van der Waals surface area (Å²) >= 11 is 0. The standard InChI is InChI=1S/C18H20O3/c1-21-12-11-17(19)13-14-7-9-16(10-8-14)18(20)15-5-3-2-4-6-15/h2-10,17,19H,11-13H2,1H3. The monoisotopic (exact) mass is 284 g/mol. The highest BCUT2D eigenvalue weighted by Crippen LogP contribution is 2.13. The molecule has 21 heavy (non-hydrogen) atoms. The van der Waals surface area contributed by atoms with Gasteiger partial charge < -0.3 is 9.84 Å². The van der Waals surface area contributed by atoms with Crippen molar-refractivity contribution in [2.75, 3.05) is 13.7 Å². The molecule has 110 valence electrons. The zero-order valence-corrected chi connectivity index (χ0v) is 12.2. The van der Waals surface area contributed by atoms with Gasteiger partial charge in [0.05, 0.1) is 6.10 Å². The lowest BCUT2D eigenvalue weighted by atomic mass is 10.00. The number of rotatable bonds is 7. The second-order valence-corrected chi connectivity index (χ2v) is 5.03. The lowest BCUT2D eigenvalue weighted by Gasteiger charge is -2.10. The number of hydrogen-bond donors (Lipinski definition) is 1. The van der Waals surface area contributed by atoms with E-state index in [1.165, 1.54) is 0 Å². The van der Waals surface area contributed by atoms with E-state index in [0.717, 1.165) is 5.56 Å². The molecule has 3 heteroatoms. The number of carbonyl (C=O) groups excluding carboxylic acids is 1. The highest BCUT2D eigenvalue weighted by molar-refractivity contribution is 6.08. The zero-order chi connectivity index (χ0) is 15.1. The second-order valence-electron chi connectivity index (χ2n) is 5.03. The summed E-state index contributed by atoms with van der Waals surface area (Å²) < 4.78 is 4.95. The lowest BCUT2D eigenvalue weighted by Crippen LogP contribution is -2.13. The Morgan fingerprint density at radius 1 is 1.05 bits per heavy atom. The first kappa shape index (κ1) is 15.4. The van der Waals surface area contributed by atoms with Gasteiger partial charge in [0.2, 0.25) is 0 Å². The summed E-state index contributed by atoms with van der Waals surface area (Å²) in [7, 11) is 1.62. The quantitative estimate of drug-likeness (QED) is 0.795. The van der Waals surface area contributed by atoms with Crippen LogP contribution in [0.2, 0.25) is 0 Å². The predicted octanol–water partition coefficient (Wildman–Crippen LogP) is 2.86. The number of hydrogen-bond acceptors (Lipinski definition) is 3. The van der Waals surface area contributed by atoms with Crippen molar-refractivity contribution in [2.45, 2.75) is 18.9 Å². The first-order valence-electron chi connectivity index (χ1n) is 7.06. The normalized spacial score (nSPS) is 12.1. The van der Waals surface area contributed by atoms with E-state index in [1.54, 1.807) is 7.11 Å². The van der Waals surface area contributed by atoms with Crippen LogP contribution in [0.5, 0.6) is 0 Å². The number of benzene rings is 2. The molecular formula is C18H20O3. The number of ketones is 1. The van der Waals surface area contributed by atoms with Crippen LogP contribution >= 0.6 is 0 Å². The molecule has 0 fully saturated rings. The van der Waals surface area contributed by atoms with Gasteiger partial charge in [0.1, 0.15) is 0 Å². The van der Waals surface area contributed by atoms with Crippen molar-refractivity contribution in [3.05, 3.63) is 71.3 Å². The fourth-order valence-corrected chi connectivity index (χ4v) is 2.18. The molecule has 0 aliphatic carbocycles. The van der Waals surface area contributed by atoms with Crippen molar-refractivity contribution in [3.63, 3.8) is 0 Å². The summed E-state index contributed by atoms with van der Waals surface area (Å²) in [6.07, 6.45) is 0.769. The van der Waals surface area contributed by atoms with Crippen molar-refractivity contribution >= 4 is 5.78 Å². The predicted molar refractivity (Wildman–Crippen MR) is 82.5 cm³/mol. The van der Waals surface area contributed by atoms with Crippen LogP contribution in [-0.4, -0.2) is 30.7 Å². The van der Waals surface area contributed by atoms with Crippen LogP contribution < -0.4 is 0 Å². The third-order valence-corrected chi connectivity index (χ3v) is 3.38. The van der Waals surface area contributed by atoms with Gasteiger partial charge in [-0.1, -0.05) is 54.6 Å². The van der Waals surface area contributed by atoms with Crippen LogP contribution in [0.3, 0.4) is 0 Å². The lowest BCUT2D eigenvalue weighted by molar-refractivity contribution is 0.103. The molecule has 0 spiro atoms. The van der Waals surface area contributed by atoms with Gasteiger partial charge in [-0.2, -0.15) is 0 Å². The van der Waals surface area contributed by atoms with E-state index >= 15 is 0 Å². The van der Waals surface area contributed by atoms with Gasteiger partial charge in [0.25, 0.3) is 0 Å². The molecule has 0 heterocycles. The van der Waals surface area contributed by atoms with Crippen LogP contribution in [0.15, 0.2) is 54.6 Å². The minimum Gasteiger partial charge on any atom is -0.393 e. The fraction of sp³-hybridized carbons (Fsp3) is 0.278. The molecule has 0 amide bonds. The van der Waals surface area contributed by atoms with Gasteiger partial charge in [-0.05, 0) is 18.4 Å². The molecule has 1 unspecified atom stereocenters. The van der Waals surface area contributed by atoms with Gasteiger partial charge in [0, 0.05) is 24.8 Å². The van der Waals surface area contributed by atoms with E-state index < -0.39 is 6.10 Å². The van der Waals surface area contributed by atoms with Gasteiger partial charge in [-0.25, -0.2) is 0 Å². The molecule has 0 radical (unpaired) electrons. The summed E-state index contributed by atoms with van der Waals surface area (Å²) in [6, 6.07) is 16.6. The Balaban J connectivity index is 2.00. The van der Waals surface area contributed by atoms with Gasteiger partial charge in [0.15, 0.2) is 5.78 Å². The molecule has 1 atom stereocenters. The Kier molecular flexibility index (Phi) is 5.67. The van der Waals surface area contributed by atoms with E-state index in [2.05, 4.69) is 0 Å². The minimum atomic E-state index is -0.416. The molecule has 1 N–H and O–H groups in total. The first-order valence-corrected chi connectivity index (χ1v) is 7.06. The summed E-state index contributed by atoms with van der Waals surface area (Å²) in [6.45, 7) is 0.547. The second kappa shape index (κ2) is 7.72. The molecule has 0 aliphatic rings. The van der Waals surface area contributed by atoms with Crippen molar-refractivity contribution in [2.24, 2.45) is 0 Å². The van der Waals surface area contributed by atoms with Crippen LogP contribution in [0.1, 0.15) is 27.9 Å². The average molecular weight is 284 g/mol. The van der Waals surface area contributed by atoms with Gasteiger partial charge in [-0.15, -0.1) is 0 Å². The molecular weight excluding hydrogens is 264 g/mol. The topological polar surface area (TPSA) is 46.5 Å². The summed E-state index contributed by atoms with van der Waals surface area (Å²) in [5.74, 6) is 0.0158. The summed E-state index contributed by atoms with van der Waals surface area (Å²) in [5.41, 5.74) is 2.37. The van der Waals surface area contributed by atoms with Crippen molar-refractivity contribution in [3.8, 4) is 0 Å². The molecule has 2 aromatic rings. The van der Waals surface area contributed by atoms with E-state index in [9.17, 15) is 9.90 Å². The van der Waals surface area contributed by atoms with Crippen molar-refractivity contribution in [1.82, 2.24) is 0 Å². The molecule has 0 bridgehead atoms. The Labute approximate surface area is 125 Å².